The van der Waals surface area contributed by atoms with E-state index in [1.54, 1.807) is 0 Å². The van der Waals surface area contributed by atoms with E-state index in [9.17, 15) is 4.79 Å². The Bertz CT molecular complexity index is 647. The van der Waals surface area contributed by atoms with E-state index in [4.69, 9.17) is 0 Å². The summed E-state index contributed by atoms with van der Waals surface area (Å²) in [6.07, 6.45) is 1.47. The number of nitrogens with one attached hydrogen (secondary N) is 2. The molecule has 108 valence electrons. The summed E-state index contributed by atoms with van der Waals surface area (Å²) >= 11 is 0. The van der Waals surface area contributed by atoms with E-state index in [-0.39, 0.29) is 5.91 Å². The maximum absolute atomic E-state index is 12.1. The minimum Gasteiger partial charge on any atom is -0.326 e. The molecule has 0 saturated heterocycles. The van der Waals surface area contributed by atoms with Gasteiger partial charge in [-0.2, -0.15) is 0 Å². The number of rotatable bonds is 3. The van der Waals surface area contributed by atoms with Crippen LogP contribution in [-0.4, -0.2) is 12.5 Å². The summed E-state index contributed by atoms with van der Waals surface area (Å²) in [6.45, 7) is 3.97. The molecule has 1 aliphatic rings. The summed E-state index contributed by atoms with van der Waals surface area (Å²) in [7, 11) is 0. The van der Waals surface area contributed by atoms with Crippen LogP contribution in [0.1, 0.15) is 22.3 Å². The van der Waals surface area contributed by atoms with E-state index in [2.05, 4.69) is 22.8 Å². The van der Waals surface area contributed by atoms with Crippen molar-refractivity contribution in [2.75, 3.05) is 11.9 Å². The van der Waals surface area contributed by atoms with Gasteiger partial charge in [-0.25, -0.2) is 0 Å². The third kappa shape index (κ3) is 3.50. The zero-order chi connectivity index (χ0) is 14.7. The van der Waals surface area contributed by atoms with Crippen molar-refractivity contribution < 1.29 is 4.79 Å². The number of hydrogen-bond acceptors (Lipinski definition) is 2. The Balaban J connectivity index is 1.65. The van der Waals surface area contributed by atoms with Gasteiger partial charge in [0.25, 0.3) is 0 Å². The number of carbonyl (C=O) groups excluding carboxylic acids is 1. The van der Waals surface area contributed by atoms with Crippen molar-refractivity contribution >= 4 is 11.6 Å². The van der Waals surface area contributed by atoms with Gasteiger partial charge in [0.1, 0.15) is 0 Å². The van der Waals surface area contributed by atoms with Crippen LogP contribution in [0, 0.1) is 6.92 Å². The fraction of sp³-hybridized carbons (Fsp3) is 0.278. The van der Waals surface area contributed by atoms with Gasteiger partial charge in [0.05, 0.1) is 6.42 Å². The van der Waals surface area contributed by atoms with E-state index in [0.29, 0.717) is 6.42 Å². The summed E-state index contributed by atoms with van der Waals surface area (Å²) in [5.41, 5.74) is 5.80. The Morgan fingerprint density at radius 1 is 1.14 bits per heavy atom. The molecule has 0 spiro atoms. The first-order valence-corrected chi connectivity index (χ1v) is 7.38. The van der Waals surface area contributed by atoms with Crippen LogP contribution in [0.4, 0.5) is 5.69 Å². The molecule has 3 heteroatoms. The molecule has 3 rings (SSSR count). The molecule has 0 radical (unpaired) electrons. The topological polar surface area (TPSA) is 41.1 Å². The molecule has 21 heavy (non-hydrogen) atoms. The molecule has 0 atom stereocenters. The fourth-order valence-corrected chi connectivity index (χ4v) is 2.65. The molecular formula is C18H20N2O. The second-order valence-corrected chi connectivity index (χ2v) is 5.62. The second-order valence-electron chi connectivity index (χ2n) is 5.62. The lowest BCUT2D eigenvalue weighted by Crippen LogP contribution is -2.24. The van der Waals surface area contributed by atoms with Crippen LogP contribution in [0.5, 0.6) is 0 Å². The van der Waals surface area contributed by atoms with E-state index in [0.717, 1.165) is 30.8 Å². The van der Waals surface area contributed by atoms with Crippen LogP contribution in [0.2, 0.25) is 0 Å². The zero-order valence-corrected chi connectivity index (χ0v) is 12.3. The highest BCUT2D eigenvalue weighted by atomic mass is 16.1. The van der Waals surface area contributed by atoms with Gasteiger partial charge >= 0.3 is 0 Å². The number of aryl methyl sites for hydroxylation is 1. The predicted molar refractivity (Wildman–Crippen MR) is 85.4 cm³/mol. The first kappa shape index (κ1) is 13.8. The largest absolute Gasteiger partial charge is 0.326 e. The van der Waals surface area contributed by atoms with Crippen LogP contribution >= 0.6 is 0 Å². The highest BCUT2D eigenvalue weighted by Gasteiger charge is 2.10. The molecule has 2 N–H and O–H groups in total. The highest BCUT2D eigenvalue weighted by molar-refractivity contribution is 5.92. The average Bonchev–Trinajstić information content (AvgIpc) is 2.49. The third-order valence-corrected chi connectivity index (χ3v) is 3.86. The summed E-state index contributed by atoms with van der Waals surface area (Å²) < 4.78 is 0. The summed E-state index contributed by atoms with van der Waals surface area (Å²) in [6, 6.07) is 14.3. The Labute approximate surface area is 125 Å². The molecule has 0 bridgehead atoms. The molecule has 1 amide bonds. The zero-order valence-electron chi connectivity index (χ0n) is 12.3. The van der Waals surface area contributed by atoms with Crippen LogP contribution in [0.3, 0.4) is 0 Å². The molecule has 3 nitrogen and oxygen atoms in total. The van der Waals surface area contributed by atoms with Crippen LogP contribution in [0.25, 0.3) is 0 Å². The Hall–Kier alpha value is -2.13. The summed E-state index contributed by atoms with van der Waals surface area (Å²) in [4.78, 5) is 12.1. The maximum Gasteiger partial charge on any atom is 0.228 e. The van der Waals surface area contributed by atoms with E-state index < -0.39 is 0 Å². The first-order chi connectivity index (χ1) is 10.2. The molecule has 1 aliphatic heterocycles. The molecule has 0 fully saturated rings. The maximum atomic E-state index is 12.1. The molecule has 0 aromatic heterocycles. The van der Waals surface area contributed by atoms with Gasteiger partial charge in [0, 0.05) is 12.2 Å². The van der Waals surface area contributed by atoms with E-state index in [1.165, 1.54) is 16.7 Å². The van der Waals surface area contributed by atoms with Crippen molar-refractivity contribution in [3.8, 4) is 0 Å². The van der Waals surface area contributed by atoms with Gasteiger partial charge in [0.15, 0.2) is 0 Å². The molecule has 0 saturated carbocycles. The minimum absolute atomic E-state index is 0.0302. The van der Waals surface area contributed by atoms with Crippen molar-refractivity contribution in [1.82, 2.24) is 5.32 Å². The lowest BCUT2D eigenvalue weighted by molar-refractivity contribution is -0.115. The monoisotopic (exact) mass is 280 g/mol. The quantitative estimate of drug-likeness (QED) is 0.907. The van der Waals surface area contributed by atoms with Crippen LogP contribution < -0.4 is 10.6 Å². The summed E-state index contributed by atoms with van der Waals surface area (Å²) in [5.74, 6) is 0.0302. The molecule has 1 heterocycles. The SMILES string of the molecule is Cc1ccc(CC(=O)Nc2ccc3c(c2)CNCC3)cc1. The molecule has 0 unspecified atom stereocenters. The van der Waals surface area contributed by atoms with Gasteiger partial charge in [-0.3, -0.25) is 4.79 Å². The Morgan fingerprint density at radius 2 is 1.95 bits per heavy atom. The lowest BCUT2D eigenvalue weighted by atomic mass is 10.0. The number of hydrogen-bond donors (Lipinski definition) is 2. The minimum atomic E-state index is 0.0302. The van der Waals surface area contributed by atoms with E-state index in [1.807, 2.05) is 37.3 Å². The van der Waals surface area contributed by atoms with Crippen LogP contribution in [0.15, 0.2) is 42.5 Å². The van der Waals surface area contributed by atoms with Gasteiger partial charge in [-0.1, -0.05) is 35.9 Å². The third-order valence-electron chi connectivity index (χ3n) is 3.86. The smallest absolute Gasteiger partial charge is 0.228 e. The number of benzene rings is 2. The van der Waals surface area contributed by atoms with Gasteiger partial charge in [-0.05, 0) is 48.7 Å². The standard InChI is InChI=1S/C18H20N2O/c1-13-2-4-14(5-3-13)10-18(21)20-17-7-6-15-8-9-19-12-16(15)11-17/h2-7,11,19H,8-10,12H2,1H3,(H,20,21). The predicted octanol–water partition coefficient (Wildman–Crippen LogP) is 2.82. The normalized spacial score (nSPS) is 13.6. The molecule has 2 aromatic rings. The Morgan fingerprint density at radius 3 is 2.76 bits per heavy atom. The molecule has 2 aromatic carbocycles. The van der Waals surface area contributed by atoms with Gasteiger partial charge < -0.3 is 10.6 Å². The van der Waals surface area contributed by atoms with Crippen molar-refractivity contribution in [2.24, 2.45) is 0 Å². The fourth-order valence-electron chi connectivity index (χ4n) is 2.65. The number of amides is 1. The number of anilines is 1. The van der Waals surface area contributed by atoms with Crippen LogP contribution in [-0.2, 0) is 24.2 Å². The number of fused-ring (bicyclic) bond motifs is 1. The average molecular weight is 280 g/mol. The molecular weight excluding hydrogens is 260 g/mol. The van der Waals surface area contributed by atoms with Crippen molar-refractivity contribution in [2.45, 2.75) is 26.3 Å². The number of carbonyl (C=O) groups is 1. The summed E-state index contributed by atoms with van der Waals surface area (Å²) in [5, 5.41) is 6.34. The highest BCUT2D eigenvalue weighted by Crippen LogP contribution is 2.19. The van der Waals surface area contributed by atoms with Crippen molar-refractivity contribution in [1.29, 1.82) is 0 Å². The van der Waals surface area contributed by atoms with Gasteiger partial charge in [-0.15, -0.1) is 0 Å². The lowest BCUT2D eigenvalue weighted by Gasteiger charge is -2.18. The van der Waals surface area contributed by atoms with Crippen molar-refractivity contribution in [3.05, 3.63) is 64.7 Å². The van der Waals surface area contributed by atoms with Gasteiger partial charge in [0.2, 0.25) is 5.91 Å². The molecule has 0 aliphatic carbocycles. The van der Waals surface area contributed by atoms with E-state index >= 15 is 0 Å². The van der Waals surface area contributed by atoms with Crippen molar-refractivity contribution in [3.63, 3.8) is 0 Å². The Kier molecular flexibility index (Phi) is 4.02. The second kappa shape index (κ2) is 6.10. The first-order valence-electron chi connectivity index (χ1n) is 7.38.